The summed E-state index contributed by atoms with van der Waals surface area (Å²) in [5, 5.41) is 0. The summed E-state index contributed by atoms with van der Waals surface area (Å²) >= 11 is 0. The Labute approximate surface area is 122 Å². The minimum atomic E-state index is -4.58. The highest BCUT2D eigenvalue weighted by molar-refractivity contribution is 5.95. The van der Waals surface area contributed by atoms with Crippen molar-refractivity contribution < 1.29 is 18.0 Å². The summed E-state index contributed by atoms with van der Waals surface area (Å²) in [6, 6.07) is 3.28. The largest absolute Gasteiger partial charge is 0.418 e. The van der Waals surface area contributed by atoms with Crippen molar-refractivity contribution in [3.63, 3.8) is 0 Å². The van der Waals surface area contributed by atoms with Gasteiger partial charge in [0, 0.05) is 18.7 Å². The fourth-order valence-electron chi connectivity index (χ4n) is 2.05. The van der Waals surface area contributed by atoms with Gasteiger partial charge < -0.3 is 10.3 Å². The van der Waals surface area contributed by atoms with Crippen LogP contribution in [0.3, 0.4) is 0 Å². The summed E-state index contributed by atoms with van der Waals surface area (Å²) in [5.74, 6) is 4.64. The van der Waals surface area contributed by atoms with E-state index in [0.717, 1.165) is 25.0 Å². The van der Waals surface area contributed by atoms with Gasteiger partial charge in [0.25, 0.3) is 5.91 Å². The van der Waals surface area contributed by atoms with Crippen LogP contribution >= 0.6 is 0 Å². The van der Waals surface area contributed by atoms with E-state index in [1.165, 1.54) is 11.0 Å². The standard InChI is InChI=1S/C14H20F3N3O/c1-4-5-9(2)20(3)13(21)10-6-7-12(19-18)11(8-10)14(15,16)17/h6-9,19H,4-5,18H2,1-3H3. The van der Waals surface area contributed by atoms with Crippen LogP contribution in [0.4, 0.5) is 18.9 Å². The summed E-state index contributed by atoms with van der Waals surface area (Å²) in [6.07, 6.45) is -2.90. The lowest BCUT2D eigenvalue weighted by Gasteiger charge is -2.25. The number of nitrogens with two attached hydrogens (primary N) is 1. The number of rotatable bonds is 5. The normalized spacial score (nSPS) is 12.9. The number of benzene rings is 1. The van der Waals surface area contributed by atoms with Gasteiger partial charge in [-0.15, -0.1) is 0 Å². The average Bonchev–Trinajstić information content (AvgIpc) is 2.44. The number of hydrogen-bond acceptors (Lipinski definition) is 3. The number of hydrogen-bond donors (Lipinski definition) is 2. The molecule has 1 rings (SSSR count). The van der Waals surface area contributed by atoms with Crippen molar-refractivity contribution in [3.8, 4) is 0 Å². The van der Waals surface area contributed by atoms with Crippen LogP contribution in [0.2, 0.25) is 0 Å². The Hall–Kier alpha value is -1.76. The summed E-state index contributed by atoms with van der Waals surface area (Å²) in [6.45, 7) is 3.85. The minimum Gasteiger partial charge on any atom is -0.339 e. The third-order valence-corrected chi connectivity index (χ3v) is 3.42. The zero-order chi connectivity index (χ0) is 16.2. The van der Waals surface area contributed by atoms with Crippen LogP contribution in [-0.2, 0) is 6.18 Å². The van der Waals surface area contributed by atoms with Gasteiger partial charge in [-0.3, -0.25) is 10.6 Å². The molecule has 0 saturated carbocycles. The van der Waals surface area contributed by atoms with E-state index in [1.807, 2.05) is 19.3 Å². The molecule has 1 unspecified atom stereocenters. The van der Waals surface area contributed by atoms with Crippen molar-refractivity contribution in [2.75, 3.05) is 12.5 Å². The van der Waals surface area contributed by atoms with Crippen molar-refractivity contribution in [1.82, 2.24) is 4.90 Å². The second-order valence-corrected chi connectivity index (χ2v) is 4.96. The molecular formula is C14H20F3N3O. The van der Waals surface area contributed by atoms with Crippen LogP contribution in [0.5, 0.6) is 0 Å². The number of amides is 1. The lowest BCUT2D eigenvalue weighted by Crippen LogP contribution is -2.35. The molecule has 1 amide bonds. The predicted molar refractivity (Wildman–Crippen MR) is 75.7 cm³/mol. The topological polar surface area (TPSA) is 58.4 Å². The Balaban J connectivity index is 3.12. The Morgan fingerprint density at radius 2 is 2.05 bits per heavy atom. The average molecular weight is 303 g/mol. The molecule has 4 nitrogen and oxygen atoms in total. The molecule has 0 aliphatic heterocycles. The van der Waals surface area contributed by atoms with E-state index in [-0.39, 0.29) is 17.3 Å². The molecule has 0 radical (unpaired) electrons. The molecule has 118 valence electrons. The number of nitrogen functional groups attached to an aromatic ring is 1. The van der Waals surface area contributed by atoms with Gasteiger partial charge in [-0.25, -0.2) is 0 Å². The number of carbonyl (C=O) groups excluding carboxylic acids is 1. The van der Waals surface area contributed by atoms with Gasteiger partial charge in [0.15, 0.2) is 0 Å². The van der Waals surface area contributed by atoms with Crippen molar-refractivity contribution in [2.45, 2.75) is 38.9 Å². The van der Waals surface area contributed by atoms with Gasteiger partial charge in [-0.2, -0.15) is 13.2 Å². The molecule has 1 aromatic rings. The van der Waals surface area contributed by atoms with Gasteiger partial charge in [0.05, 0.1) is 11.3 Å². The third-order valence-electron chi connectivity index (χ3n) is 3.42. The third kappa shape index (κ3) is 4.10. The number of hydrazine groups is 1. The summed E-state index contributed by atoms with van der Waals surface area (Å²) in [4.78, 5) is 13.7. The second-order valence-electron chi connectivity index (χ2n) is 4.96. The van der Waals surface area contributed by atoms with E-state index in [9.17, 15) is 18.0 Å². The fraction of sp³-hybridized carbons (Fsp3) is 0.500. The van der Waals surface area contributed by atoms with Gasteiger partial charge in [-0.1, -0.05) is 13.3 Å². The SMILES string of the molecule is CCCC(C)N(C)C(=O)c1ccc(NN)c(C(F)(F)F)c1. The molecule has 1 atom stereocenters. The number of nitrogens with one attached hydrogen (secondary N) is 1. The van der Waals surface area contributed by atoms with Gasteiger partial charge in [0.1, 0.15) is 0 Å². The molecular weight excluding hydrogens is 283 g/mol. The first-order valence-corrected chi connectivity index (χ1v) is 6.67. The van der Waals surface area contributed by atoms with E-state index in [4.69, 9.17) is 5.84 Å². The first-order valence-electron chi connectivity index (χ1n) is 6.67. The predicted octanol–water partition coefficient (Wildman–Crippen LogP) is 3.25. The molecule has 0 spiro atoms. The molecule has 0 saturated heterocycles. The van der Waals surface area contributed by atoms with Crippen molar-refractivity contribution in [2.24, 2.45) is 5.84 Å². The van der Waals surface area contributed by atoms with Crippen molar-refractivity contribution in [1.29, 1.82) is 0 Å². The Bertz CT molecular complexity index is 503. The summed E-state index contributed by atoms with van der Waals surface area (Å²) < 4.78 is 38.8. The molecule has 21 heavy (non-hydrogen) atoms. The molecule has 7 heteroatoms. The van der Waals surface area contributed by atoms with E-state index in [2.05, 4.69) is 0 Å². The first-order chi connectivity index (χ1) is 9.72. The molecule has 3 N–H and O–H groups in total. The Kier molecular flexibility index (Phi) is 5.60. The van der Waals surface area contributed by atoms with Gasteiger partial charge in [0.2, 0.25) is 0 Å². The monoisotopic (exact) mass is 303 g/mol. The van der Waals surface area contributed by atoms with Crippen molar-refractivity contribution >= 4 is 11.6 Å². The van der Waals surface area contributed by atoms with E-state index >= 15 is 0 Å². The number of halogens is 3. The molecule has 0 aliphatic rings. The smallest absolute Gasteiger partial charge is 0.339 e. The van der Waals surface area contributed by atoms with Crippen LogP contribution in [0.25, 0.3) is 0 Å². The van der Waals surface area contributed by atoms with Crippen LogP contribution in [0.15, 0.2) is 18.2 Å². The van der Waals surface area contributed by atoms with E-state index in [1.54, 1.807) is 7.05 Å². The van der Waals surface area contributed by atoms with Gasteiger partial charge >= 0.3 is 6.18 Å². The van der Waals surface area contributed by atoms with E-state index < -0.39 is 17.6 Å². The maximum absolute atomic E-state index is 12.9. The number of nitrogens with zero attached hydrogens (tertiary/aromatic N) is 1. The minimum absolute atomic E-state index is 0.00761. The summed E-state index contributed by atoms with van der Waals surface area (Å²) in [7, 11) is 1.59. The Morgan fingerprint density at radius 3 is 2.52 bits per heavy atom. The zero-order valence-corrected chi connectivity index (χ0v) is 12.3. The van der Waals surface area contributed by atoms with Crippen LogP contribution in [0, 0.1) is 0 Å². The lowest BCUT2D eigenvalue weighted by atomic mass is 10.1. The highest BCUT2D eigenvalue weighted by Gasteiger charge is 2.34. The Morgan fingerprint density at radius 1 is 1.43 bits per heavy atom. The molecule has 1 aromatic carbocycles. The fourth-order valence-corrected chi connectivity index (χ4v) is 2.05. The van der Waals surface area contributed by atoms with Crippen LogP contribution in [0.1, 0.15) is 42.6 Å². The lowest BCUT2D eigenvalue weighted by molar-refractivity contribution is -0.137. The number of alkyl halides is 3. The molecule has 0 aromatic heterocycles. The van der Waals surface area contributed by atoms with Crippen LogP contribution < -0.4 is 11.3 Å². The number of anilines is 1. The highest BCUT2D eigenvalue weighted by atomic mass is 19.4. The number of carbonyl (C=O) groups is 1. The maximum Gasteiger partial charge on any atom is 0.418 e. The maximum atomic E-state index is 12.9. The molecule has 0 fully saturated rings. The van der Waals surface area contributed by atoms with E-state index in [0.29, 0.717) is 0 Å². The van der Waals surface area contributed by atoms with Crippen LogP contribution in [-0.4, -0.2) is 23.9 Å². The second kappa shape index (κ2) is 6.80. The summed E-state index contributed by atoms with van der Waals surface area (Å²) in [5.41, 5.74) is 0.776. The molecule has 0 bridgehead atoms. The first kappa shape index (κ1) is 17.3. The zero-order valence-electron chi connectivity index (χ0n) is 12.3. The molecule has 0 aliphatic carbocycles. The highest BCUT2D eigenvalue weighted by Crippen LogP contribution is 2.35. The van der Waals surface area contributed by atoms with Crippen molar-refractivity contribution in [3.05, 3.63) is 29.3 Å². The van der Waals surface area contributed by atoms with Gasteiger partial charge in [-0.05, 0) is 31.5 Å². The quantitative estimate of drug-likeness (QED) is 0.648. The molecule has 0 heterocycles.